The van der Waals surface area contributed by atoms with Crippen LogP contribution in [-0.4, -0.2) is 15.7 Å². The zero-order valence-electron chi connectivity index (χ0n) is 12.7. The van der Waals surface area contributed by atoms with Crippen molar-refractivity contribution in [2.24, 2.45) is 0 Å². The number of hydrogen-bond donors (Lipinski definition) is 1. The van der Waals surface area contributed by atoms with Gasteiger partial charge in [0.2, 0.25) is 0 Å². The van der Waals surface area contributed by atoms with Crippen LogP contribution in [0.4, 0.5) is 0 Å². The third-order valence-electron chi connectivity index (χ3n) is 4.93. The summed E-state index contributed by atoms with van der Waals surface area (Å²) in [6.45, 7) is 6.46. The Balaban J connectivity index is 1.82. The highest BCUT2D eigenvalue weighted by Gasteiger charge is 2.54. The molecule has 2 aliphatic rings. The molecule has 0 radical (unpaired) electrons. The predicted octanol–water partition coefficient (Wildman–Crippen LogP) is 3.80. The van der Waals surface area contributed by atoms with Crippen molar-refractivity contribution in [2.45, 2.75) is 38.1 Å². The number of aliphatic hydroxyl groups is 1. The molecule has 1 aromatic carbocycles. The van der Waals surface area contributed by atoms with E-state index in [-0.39, 0.29) is 5.60 Å². The molecule has 4 rings (SSSR count). The van der Waals surface area contributed by atoms with Crippen LogP contribution in [0.5, 0.6) is 0 Å². The summed E-state index contributed by atoms with van der Waals surface area (Å²) in [7, 11) is 0. The van der Waals surface area contributed by atoms with E-state index in [9.17, 15) is 5.11 Å². The first-order valence-corrected chi connectivity index (χ1v) is 7.67. The van der Waals surface area contributed by atoms with Crippen molar-refractivity contribution >= 4 is 6.08 Å². The molecule has 1 atom stereocenters. The molecular weight excluding hydrogens is 274 g/mol. The van der Waals surface area contributed by atoms with Gasteiger partial charge in [-0.25, -0.2) is 0 Å². The van der Waals surface area contributed by atoms with Crippen LogP contribution < -0.4 is 0 Å². The number of pyridine rings is 1. The maximum atomic E-state index is 10.6. The van der Waals surface area contributed by atoms with Crippen LogP contribution in [-0.2, 0) is 11.3 Å². The van der Waals surface area contributed by atoms with Crippen LogP contribution in [0.25, 0.3) is 17.2 Å². The molecule has 2 aromatic rings. The first-order chi connectivity index (χ1) is 10.6. The first-order valence-electron chi connectivity index (χ1n) is 7.67. The van der Waals surface area contributed by atoms with Gasteiger partial charge >= 0.3 is 0 Å². The van der Waals surface area contributed by atoms with Gasteiger partial charge in [-0.2, -0.15) is 0 Å². The monoisotopic (exact) mass is 293 g/mol. The molecule has 1 saturated carbocycles. The molecule has 1 unspecified atom stereocenters. The highest BCUT2D eigenvalue weighted by molar-refractivity contribution is 5.71. The summed E-state index contributed by atoms with van der Waals surface area (Å²) in [6, 6.07) is 6.29. The van der Waals surface area contributed by atoms with E-state index >= 15 is 0 Å². The molecule has 0 bridgehead atoms. The minimum atomic E-state index is -0.558. The lowest BCUT2D eigenvalue weighted by Crippen LogP contribution is -2.30. The minimum Gasteiger partial charge on any atom is -0.385 e. The van der Waals surface area contributed by atoms with Crippen LogP contribution in [0, 0.1) is 6.92 Å². The Morgan fingerprint density at radius 1 is 1.36 bits per heavy atom. The van der Waals surface area contributed by atoms with E-state index in [1.807, 2.05) is 12.3 Å². The quantitative estimate of drug-likeness (QED) is 0.916. The van der Waals surface area contributed by atoms with Crippen LogP contribution >= 0.6 is 0 Å². The average Bonchev–Trinajstić information content (AvgIpc) is 3.31. The maximum absolute atomic E-state index is 10.6. The molecular formula is C19H19NO2. The number of hydrogen-bond acceptors (Lipinski definition) is 3. The molecule has 0 amide bonds. The van der Waals surface area contributed by atoms with Crippen molar-refractivity contribution in [3.63, 3.8) is 0 Å². The number of aromatic nitrogens is 1. The van der Waals surface area contributed by atoms with E-state index in [4.69, 9.17) is 4.74 Å². The van der Waals surface area contributed by atoms with E-state index in [1.54, 1.807) is 6.20 Å². The van der Waals surface area contributed by atoms with Gasteiger partial charge in [-0.1, -0.05) is 30.9 Å². The summed E-state index contributed by atoms with van der Waals surface area (Å²) in [4.78, 5) is 4.35. The number of ether oxygens (including phenoxy) is 1. The van der Waals surface area contributed by atoms with E-state index in [2.05, 4.69) is 36.7 Å². The Kier molecular flexibility index (Phi) is 2.96. The SMILES string of the molecule is C=Cc1ccc(-c2cncc3c2COC2(CC2)C3O)cc1C. The Hall–Kier alpha value is -1.97. The molecule has 3 heteroatoms. The molecule has 2 heterocycles. The van der Waals surface area contributed by atoms with Gasteiger partial charge in [0.25, 0.3) is 0 Å². The van der Waals surface area contributed by atoms with Gasteiger partial charge in [-0.3, -0.25) is 4.98 Å². The van der Waals surface area contributed by atoms with Gasteiger partial charge in [-0.15, -0.1) is 0 Å². The first kappa shape index (κ1) is 13.7. The number of benzene rings is 1. The van der Waals surface area contributed by atoms with E-state index in [0.717, 1.165) is 40.7 Å². The van der Waals surface area contributed by atoms with Crippen molar-refractivity contribution in [1.29, 1.82) is 0 Å². The molecule has 1 aliphatic heterocycles. The zero-order valence-corrected chi connectivity index (χ0v) is 12.7. The van der Waals surface area contributed by atoms with Crippen LogP contribution in [0.1, 0.15) is 41.2 Å². The van der Waals surface area contributed by atoms with Gasteiger partial charge in [-0.05, 0) is 42.0 Å². The molecule has 1 N–H and O–H groups in total. The topological polar surface area (TPSA) is 42.4 Å². The van der Waals surface area contributed by atoms with Crippen molar-refractivity contribution < 1.29 is 9.84 Å². The molecule has 0 saturated heterocycles. The van der Waals surface area contributed by atoms with Crippen LogP contribution in [0.3, 0.4) is 0 Å². The standard InChI is InChI=1S/C19H19NO2/c1-3-13-4-5-14(8-12(13)2)15-9-20-10-16-17(15)11-22-19(6-7-19)18(16)21/h3-5,8-10,18,21H,1,6-7,11H2,2H3. The third kappa shape index (κ3) is 1.93. The fourth-order valence-corrected chi connectivity index (χ4v) is 3.34. The molecule has 1 aliphatic carbocycles. The molecule has 22 heavy (non-hydrogen) atoms. The normalized spacial score (nSPS) is 21.5. The van der Waals surface area contributed by atoms with Crippen molar-refractivity contribution in [3.05, 3.63) is 59.4 Å². The fraction of sp³-hybridized carbons (Fsp3) is 0.316. The van der Waals surface area contributed by atoms with Gasteiger partial charge < -0.3 is 9.84 Å². The summed E-state index contributed by atoms with van der Waals surface area (Å²) in [5.41, 5.74) is 6.12. The lowest BCUT2D eigenvalue weighted by atomic mass is 9.90. The number of nitrogens with zero attached hydrogens (tertiary/aromatic N) is 1. The van der Waals surface area contributed by atoms with Crippen LogP contribution in [0.2, 0.25) is 0 Å². The average molecular weight is 293 g/mol. The Bertz CT molecular complexity index is 762. The highest BCUT2D eigenvalue weighted by atomic mass is 16.5. The summed E-state index contributed by atoms with van der Waals surface area (Å²) in [5, 5.41) is 10.6. The second kappa shape index (κ2) is 4.77. The molecule has 1 fully saturated rings. The molecule has 3 nitrogen and oxygen atoms in total. The molecule has 1 spiro atoms. The van der Waals surface area contributed by atoms with Gasteiger partial charge in [0, 0.05) is 23.5 Å². The summed E-state index contributed by atoms with van der Waals surface area (Å²) in [6.07, 6.45) is 6.83. The predicted molar refractivity (Wildman–Crippen MR) is 86.2 cm³/mol. The summed E-state index contributed by atoms with van der Waals surface area (Å²) >= 11 is 0. The lowest BCUT2D eigenvalue weighted by Gasteiger charge is -2.31. The van der Waals surface area contributed by atoms with Crippen LogP contribution in [0.15, 0.2) is 37.2 Å². The summed E-state index contributed by atoms with van der Waals surface area (Å²) in [5.74, 6) is 0. The Morgan fingerprint density at radius 2 is 2.18 bits per heavy atom. The van der Waals surface area contributed by atoms with E-state index in [0.29, 0.717) is 6.61 Å². The summed E-state index contributed by atoms with van der Waals surface area (Å²) < 4.78 is 5.96. The Labute approximate surface area is 130 Å². The number of aliphatic hydroxyl groups excluding tert-OH is 1. The minimum absolute atomic E-state index is 0.337. The van der Waals surface area contributed by atoms with Gasteiger partial charge in [0.05, 0.1) is 12.2 Å². The van der Waals surface area contributed by atoms with Gasteiger partial charge in [0.1, 0.15) is 6.10 Å². The molecule has 1 aromatic heterocycles. The second-order valence-electron chi connectivity index (χ2n) is 6.29. The molecule has 112 valence electrons. The number of rotatable bonds is 2. The number of aryl methyl sites for hydroxylation is 1. The lowest BCUT2D eigenvalue weighted by molar-refractivity contribution is -0.0827. The zero-order chi connectivity index (χ0) is 15.3. The maximum Gasteiger partial charge on any atom is 0.110 e. The van der Waals surface area contributed by atoms with Crippen molar-refractivity contribution in [1.82, 2.24) is 4.98 Å². The fourth-order valence-electron chi connectivity index (χ4n) is 3.34. The van der Waals surface area contributed by atoms with E-state index < -0.39 is 6.10 Å². The van der Waals surface area contributed by atoms with Crippen molar-refractivity contribution in [3.8, 4) is 11.1 Å². The highest BCUT2D eigenvalue weighted by Crippen LogP contribution is 2.53. The van der Waals surface area contributed by atoms with Crippen molar-refractivity contribution in [2.75, 3.05) is 0 Å². The largest absolute Gasteiger partial charge is 0.385 e. The third-order valence-corrected chi connectivity index (χ3v) is 4.93. The Morgan fingerprint density at radius 3 is 2.86 bits per heavy atom. The van der Waals surface area contributed by atoms with Gasteiger partial charge in [0.15, 0.2) is 0 Å². The second-order valence-corrected chi connectivity index (χ2v) is 6.29. The smallest absolute Gasteiger partial charge is 0.110 e. The number of fused-ring (bicyclic) bond motifs is 1. The van der Waals surface area contributed by atoms with E-state index in [1.165, 1.54) is 5.56 Å².